The van der Waals surface area contributed by atoms with Crippen LogP contribution in [0, 0.1) is 5.92 Å². The summed E-state index contributed by atoms with van der Waals surface area (Å²) >= 11 is 2.51. The van der Waals surface area contributed by atoms with E-state index in [0.29, 0.717) is 33.8 Å². The van der Waals surface area contributed by atoms with Crippen LogP contribution in [-0.4, -0.2) is 73.2 Å². The van der Waals surface area contributed by atoms with Crippen LogP contribution in [0.25, 0.3) is 0 Å². The van der Waals surface area contributed by atoms with Gasteiger partial charge in [0, 0.05) is 32.1 Å². The molecule has 0 unspecified atom stereocenters. The number of likely N-dealkylation sites (tertiary alicyclic amines) is 1. The molecule has 12 heteroatoms. The Morgan fingerprint density at radius 2 is 2.07 bits per heavy atom. The third kappa shape index (κ3) is 2.96. The Morgan fingerprint density at radius 3 is 2.71 bits per heavy atom. The maximum Gasteiger partial charge on any atom is 0.352 e. The number of nitrogens with one attached hydrogen (secondary N) is 1. The van der Waals surface area contributed by atoms with E-state index in [2.05, 4.69) is 15.5 Å². The number of thioether (sulfide) groups is 1. The van der Waals surface area contributed by atoms with Gasteiger partial charge in [-0.15, -0.1) is 10.2 Å². The standard InChI is InChI=1S/C16H17N5O5S2/c1-6(22)17-15-18-19-16(28-15)27-5-9-3-8-4-20(7(2)23)12-10(8)21(13(12)24)11(9)14(25)26/h8,10,12H,3-5H2,1-2H3,(H,25,26)(H,17,18,22)/t8-,10-,12+/m1/s1. The van der Waals surface area contributed by atoms with E-state index in [-0.39, 0.29) is 35.4 Å². The number of aromatic nitrogens is 2. The number of carbonyl (C=O) groups is 4. The van der Waals surface area contributed by atoms with Gasteiger partial charge in [-0.3, -0.25) is 19.3 Å². The van der Waals surface area contributed by atoms with Gasteiger partial charge in [0.05, 0.1) is 6.04 Å². The van der Waals surface area contributed by atoms with Crippen LogP contribution in [0.15, 0.2) is 15.6 Å². The molecule has 1 aromatic rings. The molecular formula is C16H17N5O5S2. The zero-order valence-corrected chi connectivity index (χ0v) is 16.7. The summed E-state index contributed by atoms with van der Waals surface area (Å²) < 4.78 is 0.590. The minimum Gasteiger partial charge on any atom is -0.477 e. The van der Waals surface area contributed by atoms with Crippen molar-refractivity contribution < 1.29 is 24.3 Å². The number of hydrogen-bond acceptors (Lipinski definition) is 8. The Hall–Kier alpha value is -2.47. The predicted molar refractivity (Wildman–Crippen MR) is 99.5 cm³/mol. The summed E-state index contributed by atoms with van der Waals surface area (Å²) in [7, 11) is 0. The molecule has 1 aromatic heterocycles. The number of nitrogens with zero attached hydrogens (tertiary/aromatic N) is 4. The zero-order chi connectivity index (χ0) is 20.2. The van der Waals surface area contributed by atoms with Gasteiger partial charge in [0.25, 0.3) is 5.91 Å². The Balaban J connectivity index is 1.54. The van der Waals surface area contributed by atoms with E-state index in [4.69, 9.17) is 0 Å². The van der Waals surface area contributed by atoms with Crippen LogP contribution in [0.4, 0.5) is 5.13 Å². The van der Waals surface area contributed by atoms with Gasteiger partial charge in [0.15, 0.2) is 4.34 Å². The maximum absolute atomic E-state index is 12.6. The van der Waals surface area contributed by atoms with Crippen LogP contribution < -0.4 is 5.32 Å². The molecular weight excluding hydrogens is 406 g/mol. The Labute approximate surface area is 168 Å². The normalized spacial score (nSPS) is 25.5. The highest BCUT2D eigenvalue weighted by Gasteiger charge is 2.63. The highest BCUT2D eigenvalue weighted by molar-refractivity contribution is 8.01. The number of rotatable bonds is 5. The zero-order valence-electron chi connectivity index (χ0n) is 15.0. The maximum atomic E-state index is 12.6. The number of anilines is 1. The van der Waals surface area contributed by atoms with Gasteiger partial charge in [-0.1, -0.05) is 23.1 Å². The average Bonchev–Trinajstić information content (AvgIpc) is 3.20. The number of carbonyl (C=O) groups excluding carboxylic acids is 3. The smallest absolute Gasteiger partial charge is 0.352 e. The Bertz CT molecular complexity index is 928. The lowest BCUT2D eigenvalue weighted by Gasteiger charge is -2.49. The third-order valence-corrected chi connectivity index (χ3v) is 7.17. The fraction of sp³-hybridized carbons (Fsp3) is 0.500. The quantitative estimate of drug-likeness (QED) is 0.395. The number of carboxylic acid groups (broad SMARTS) is 1. The summed E-state index contributed by atoms with van der Waals surface area (Å²) in [4.78, 5) is 50.3. The molecule has 0 aromatic carbocycles. The highest BCUT2D eigenvalue weighted by atomic mass is 32.2. The van der Waals surface area contributed by atoms with Gasteiger partial charge in [-0.2, -0.15) is 0 Å². The summed E-state index contributed by atoms with van der Waals surface area (Å²) in [5.41, 5.74) is 0.666. The van der Waals surface area contributed by atoms with Gasteiger partial charge in [0.2, 0.25) is 16.9 Å². The number of β-lactam (4-membered cyclic amide) rings is 1. The first-order valence-electron chi connectivity index (χ1n) is 8.57. The number of aliphatic carboxylic acids is 1. The van der Waals surface area contributed by atoms with Crippen LogP contribution in [0.5, 0.6) is 0 Å². The highest BCUT2D eigenvalue weighted by Crippen LogP contribution is 2.47. The summed E-state index contributed by atoms with van der Waals surface area (Å²) in [6, 6.07) is -0.779. The van der Waals surface area contributed by atoms with Gasteiger partial charge >= 0.3 is 5.97 Å². The van der Waals surface area contributed by atoms with Crippen molar-refractivity contribution in [3.63, 3.8) is 0 Å². The van der Waals surface area contributed by atoms with Crippen molar-refractivity contribution in [1.29, 1.82) is 0 Å². The van der Waals surface area contributed by atoms with E-state index in [1.165, 1.54) is 41.8 Å². The number of amides is 3. The lowest BCUT2D eigenvalue weighted by molar-refractivity contribution is -0.159. The average molecular weight is 423 g/mol. The topological polar surface area (TPSA) is 133 Å². The van der Waals surface area contributed by atoms with E-state index in [1.807, 2.05) is 0 Å². The van der Waals surface area contributed by atoms with E-state index < -0.39 is 12.0 Å². The second kappa shape index (κ2) is 6.85. The van der Waals surface area contributed by atoms with Crippen molar-refractivity contribution in [2.75, 3.05) is 17.6 Å². The van der Waals surface area contributed by atoms with E-state index >= 15 is 0 Å². The molecule has 4 rings (SSSR count). The van der Waals surface area contributed by atoms with Gasteiger partial charge in [-0.05, 0) is 12.0 Å². The molecule has 3 aliphatic rings. The lowest BCUT2D eigenvalue weighted by atomic mass is 9.79. The molecule has 4 heterocycles. The Kier molecular flexibility index (Phi) is 4.62. The first-order valence-corrected chi connectivity index (χ1v) is 10.4. The lowest BCUT2D eigenvalue weighted by Crippen LogP contribution is -2.69. The van der Waals surface area contributed by atoms with E-state index in [0.717, 1.165) is 0 Å². The third-order valence-electron chi connectivity index (χ3n) is 5.11. The van der Waals surface area contributed by atoms with Crippen LogP contribution in [0.2, 0.25) is 0 Å². The summed E-state index contributed by atoms with van der Waals surface area (Å²) in [5, 5.41) is 20.5. The second-order valence-electron chi connectivity index (χ2n) is 6.88. The van der Waals surface area contributed by atoms with Crippen molar-refractivity contribution in [3.05, 3.63) is 11.3 Å². The van der Waals surface area contributed by atoms with Gasteiger partial charge in [0.1, 0.15) is 11.7 Å². The molecule has 2 N–H and O–H groups in total. The molecule has 0 radical (unpaired) electrons. The van der Waals surface area contributed by atoms with Crippen LogP contribution in [-0.2, 0) is 19.2 Å². The summed E-state index contributed by atoms with van der Waals surface area (Å²) in [6.07, 6.45) is 0.515. The molecule has 0 bridgehead atoms. The molecule has 10 nitrogen and oxygen atoms in total. The first kappa shape index (κ1) is 18.9. The van der Waals surface area contributed by atoms with Crippen LogP contribution >= 0.6 is 23.1 Å². The van der Waals surface area contributed by atoms with E-state index in [9.17, 15) is 24.3 Å². The van der Waals surface area contributed by atoms with Gasteiger partial charge in [-0.25, -0.2) is 4.79 Å². The minimum atomic E-state index is -1.14. The fourth-order valence-electron chi connectivity index (χ4n) is 4.11. The fourth-order valence-corrected chi connectivity index (χ4v) is 5.93. The molecule has 0 saturated carbocycles. The summed E-state index contributed by atoms with van der Waals surface area (Å²) in [5.74, 6) is -1.50. The van der Waals surface area contributed by atoms with Crippen LogP contribution in [0.3, 0.4) is 0 Å². The largest absolute Gasteiger partial charge is 0.477 e. The molecule has 0 aliphatic carbocycles. The van der Waals surface area contributed by atoms with Crippen LogP contribution in [0.1, 0.15) is 20.3 Å². The molecule has 3 amide bonds. The minimum absolute atomic E-state index is 0.0204. The Morgan fingerprint density at radius 1 is 1.32 bits per heavy atom. The van der Waals surface area contributed by atoms with E-state index in [1.54, 1.807) is 4.90 Å². The monoisotopic (exact) mass is 423 g/mol. The van der Waals surface area contributed by atoms with Crippen molar-refractivity contribution >= 4 is 51.9 Å². The molecule has 2 fully saturated rings. The second-order valence-corrected chi connectivity index (χ2v) is 9.08. The SMILES string of the molecule is CC(=O)Nc1nnc(SCC2=C(C(=O)O)N3C(=O)[C@@H]4[C@H]3[C@H](C2)CN4C(C)=O)s1. The molecule has 3 aliphatic heterocycles. The van der Waals surface area contributed by atoms with Gasteiger partial charge < -0.3 is 15.3 Å². The molecule has 148 valence electrons. The predicted octanol–water partition coefficient (Wildman–Crippen LogP) is 0.389. The first-order chi connectivity index (χ1) is 13.3. The molecule has 2 saturated heterocycles. The number of hydrogen-bond donors (Lipinski definition) is 2. The van der Waals surface area contributed by atoms with Crippen molar-refractivity contribution in [1.82, 2.24) is 20.0 Å². The van der Waals surface area contributed by atoms with Crippen molar-refractivity contribution in [3.8, 4) is 0 Å². The number of carboxylic acids is 1. The molecule has 0 spiro atoms. The van der Waals surface area contributed by atoms with Crippen molar-refractivity contribution in [2.45, 2.75) is 36.7 Å². The van der Waals surface area contributed by atoms with Crippen molar-refractivity contribution in [2.24, 2.45) is 5.92 Å². The summed E-state index contributed by atoms with van der Waals surface area (Å²) in [6.45, 7) is 3.26. The molecule has 3 atom stereocenters. The molecule has 28 heavy (non-hydrogen) atoms.